The zero-order valence-electron chi connectivity index (χ0n) is 27.8. The van der Waals surface area contributed by atoms with E-state index in [1.807, 2.05) is 54.6 Å². The molecule has 3 saturated heterocycles. The minimum atomic E-state index is -1.36. The highest BCUT2D eigenvalue weighted by Gasteiger charge is 2.77. The molecule has 264 valence electrons. The predicted molar refractivity (Wildman–Crippen MR) is 186 cm³/mol. The lowest BCUT2D eigenvalue weighted by Crippen LogP contribution is -2.58. The quantitative estimate of drug-likeness (QED) is 0.136. The van der Waals surface area contributed by atoms with Crippen molar-refractivity contribution in [2.24, 2.45) is 11.8 Å². The number of alkyl halides is 1. The van der Waals surface area contributed by atoms with E-state index in [0.717, 1.165) is 5.52 Å². The van der Waals surface area contributed by atoms with Crippen LogP contribution >= 0.6 is 15.9 Å². The second kappa shape index (κ2) is 14.8. The Labute approximate surface area is 298 Å². The normalized spacial score (nSPS) is 26.3. The van der Waals surface area contributed by atoms with E-state index >= 15 is 0 Å². The molecule has 1 spiro atoms. The Bertz CT molecular complexity index is 1770. The van der Waals surface area contributed by atoms with Crippen molar-refractivity contribution in [2.45, 2.75) is 67.5 Å². The summed E-state index contributed by atoms with van der Waals surface area (Å²) in [6.07, 6.45) is 3.41. The van der Waals surface area contributed by atoms with E-state index in [0.29, 0.717) is 23.9 Å². The van der Waals surface area contributed by atoms with Gasteiger partial charge >= 0.3 is 5.97 Å². The number of fused-ring (bicyclic) bond motifs is 2. The minimum absolute atomic E-state index is 0.0213. The molecule has 0 radical (unpaired) electrons. The number of amides is 3. The van der Waals surface area contributed by atoms with Crippen molar-refractivity contribution in [3.8, 4) is 0 Å². The number of likely N-dealkylation sites (tertiary alicyclic amines) is 1. The Balaban J connectivity index is 1.31. The van der Waals surface area contributed by atoms with Crippen LogP contribution in [0, 0.1) is 11.8 Å². The van der Waals surface area contributed by atoms with Crippen LogP contribution in [-0.4, -0.2) is 102 Å². The SMILES string of the molecule is C=CCCC(=O)OC[C@@H](NC(=O)[C@H]1[C@@H]2O[C@@]3(CC2Br)[C@@H]1C(=O)N([C@H](C)CO)[C@@H]3C(=O)N(CC=C)Cn1nnc2ccccc21)c1ccccc1. The molecule has 2 N–H and O–H groups in total. The molecule has 3 aromatic rings. The maximum Gasteiger partial charge on any atom is 0.306 e. The van der Waals surface area contributed by atoms with Gasteiger partial charge in [0.05, 0.1) is 42.1 Å². The van der Waals surface area contributed by atoms with E-state index in [2.05, 4.69) is 44.7 Å². The third-order valence-corrected chi connectivity index (χ3v) is 10.7. The van der Waals surface area contributed by atoms with Crippen LogP contribution in [0.25, 0.3) is 11.0 Å². The molecule has 3 fully saturated rings. The number of para-hydroxylation sites is 1. The average Bonchev–Trinajstić information content (AvgIpc) is 3.85. The number of allylic oxidation sites excluding steroid dienone is 1. The van der Waals surface area contributed by atoms with Crippen LogP contribution in [0.2, 0.25) is 0 Å². The number of hydrogen-bond acceptors (Lipinski definition) is 9. The molecule has 50 heavy (non-hydrogen) atoms. The molecule has 3 aliphatic rings. The van der Waals surface area contributed by atoms with Crippen LogP contribution in [0.3, 0.4) is 0 Å². The zero-order valence-corrected chi connectivity index (χ0v) is 29.4. The molecule has 4 heterocycles. The second-order valence-electron chi connectivity index (χ2n) is 13.0. The topological polar surface area (TPSA) is 156 Å². The molecule has 3 aliphatic heterocycles. The fourth-order valence-corrected chi connectivity index (χ4v) is 8.52. The summed E-state index contributed by atoms with van der Waals surface area (Å²) in [4.78, 5) is 58.6. The molecule has 2 bridgehead atoms. The van der Waals surface area contributed by atoms with Gasteiger partial charge in [-0.1, -0.05) is 75.8 Å². The summed E-state index contributed by atoms with van der Waals surface area (Å²) >= 11 is 3.71. The molecular weight excluding hydrogens is 708 g/mol. The summed E-state index contributed by atoms with van der Waals surface area (Å²) in [7, 11) is 0. The molecule has 0 aliphatic carbocycles. The fraction of sp³-hybridized carbons (Fsp3) is 0.444. The van der Waals surface area contributed by atoms with E-state index in [-0.39, 0.29) is 31.1 Å². The average molecular weight is 750 g/mol. The smallest absolute Gasteiger partial charge is 0.306 e. The van der Waals surface area contributed by atoms with Gasteiger partial charge < -0.3 is 29.7 Å². The summed E-state index contributed by atoms with van der Waals surface area (Å²) in [5.41, 5.74) is 0.747. The molecule has 14 heteroatoms. The van der Waals surface area contributed by atoms with Gasteiger partial charge in [0.15, 0.2) is 0 Å². The van der Waals surface area contributed by atoms with Crippen molar-refractivity contribution in [1.82, 2.24) is 30.1 Å². The van der Waals surface area contributed by atoms with E-state index in [4.69, 9.17) is 9.47 Å². The number of nitrogens with one attached hydrogen (secondary N) is 1. The van der Waals surface area contributed by atoms with E-state index in [1.54, 1.807) is 23.8 Å². The molecule has 0 saturated carbocycles. The van der Waals surface area contributed by atoms with Gasteiger partial charge in [-0.15, -0.1) is 18.3 Å². The van der Waals surface area contributed by atoms with Crippen molar-refractivity contribution in [3.05, 3.63) is 85.5 Å². The van der Waals surface area contributed by atoms with E-state index in [9.17, 15) is 24.3 Å². The molecule has 1 aromatic heterocycles. The van der Waals surface area contributed by atoms with Gasteiger partial charge in [-0.05, 0) is 37.5 Å². The van der Waals surface area contributed by atoms with Gasteiger partial charge in [-0.3, -0.25) is 19.2 Å². The first-order valence-electron chi connectivity index (χ1n) is 16.7. The van der Waals surface area contributed by atoms with Crippen molar-refractivity contribution in [3.63, 3.8) is 0 Å². The molecule has 6 rings (SSSR count). The fourth-order valence-electron chi connectivity index (χ4n) is 7.58. The Morgan fingerprint density at radius 2 is 1.92 bits per heavy atom. The van der Waals surface area contributed by atoms with Gasteiger partial charge in [0, 0.05) is 17.8 Å². The summed E-state index contributed by atoms with van der Waals surface area (Å²) < 4.78 is 13.8. The number of hydrogen-bond donors (Lipinski definition) is 2. The number of carbonyl (C=O) groups is 4. The van der Waals surface area contributed by atoms with Crippen molar-refractivity contribution in [2.75, 3.05) is 19.8 Å². The summed E-state index contributed by atoms with van der Waals surface area (Å²) in [5.74, 6) is -3.72. The number of rotatable bonds is 15. The minimum Gasteiger partial charge on any atom is -0.463 e. The van der Waals surface area contributed by atoms with Crippen molar-refractivity contribution >= 4 is 50.7 Å². The summed E-state index contributed by atoms with van der Waals surface area (Å²) in [6, 6.07) is 13.9. The first-order valence-corrected chi connectivity index (χ1v) is 17.6. The number of aliphatic hydroxyl groups excluding tert-OH is 1. The lowest BCUT2D eigenvalue weighted by Gasteiger charge is -2.38. The number of nitrogens with zero attached hydrogens (tertiary/aromatic N) is 5. The van der Waals surface area contributed by atoms with Gasteiger partial charge in [-0.2, -0.15) is 0 Å². The Hall–Kier alpha value is -4.40. The lowest BCUT2D eigenvalue weighted by atomic mass is 9.70. The van der Waals surface area contributed by atoms with E-state index in [1.165, 1.54) is 9.80 Å². The maximum atomic E-state index is 14.8. The number of ether oxygens (including phenoxy) is 2. The molecule has 13 nitrogen and oxygen atoms in total. The van der Waals surface area contributed by atoms with Crippen LogP contribution in [0.4, 0.5) is 0 Å². The van der Waals surface area contributed by atoms with Gasteiger partial charge in [0.2, 0.25) is 17.7 Å². The predicted octanol–water partition coefficient (Wildman–Crippen LogP) is 2.90. The van der Waals surface area contributed by atoms with Crippen LogP contribution in [0.15, 0.2) is 79.9 Å². The second-order valence-corrected chi connectivity index (χ2v) is 14.2. The number of carbonyl (C=O) groups excluding carboxylic acids is 4. The number of halogens is 1. The third-order valence-electron chi connectivity index (χ3n) is 9.87. The highest BCUT2D eigenvalue weighted by Crippen LogP contribution is 2.60. The van der Waals surface area contributed by atoms with Crippen LogP contribution in [0.1, 0.15) is 37.8 Å². The monoisotopic (exact) mass is 748 g/mol. The molecule has 1 unspecified atom stereocenters. The van der Waals surface area contributed by atoms with E-state index < -0.39 is 72.0 Å². The summed E-state index contributed by atoms with van der Waals surface area (Å²) in [5, 5.41) is 21.8. The Morgan fingerprint density at radius 3 is 2.64 bits per heavy atom. The van der Waals surface area contributed by atoms with Crippen LogP contribution < -0.4 is 5.32 Å². The largest absolute Gasteiger partial charge is 0.463 e. The molecule has 3 amide bonds. The zero-order chi connectivity index (χ0) is 35.6. The van der Waals surface area contributed by atoms with Gasteiger partial charge in [0.1, 0.15) is 30.4 Å². The highest BCUT2D eigenvalue weighted by molar-refractivity contribution is 9.09. The standard InChI is InChI=1S/C36H41BrN6O7/c1-4-6-16-28(45)49-20-26(23-12-8-7-9-13-23)38-33(46)29-30-34(47)43(22(3)19-44)32(36(30)18-24(37)31(29)50-36)35(48)41(17-5-2)21-42-27-15-11-10-14-25(27)39-40-42/h4-5,7-15,22,24,26,29-32,44H,1-2,6,16-21H2,3H3,(H,38,46)/t22-,24?,26-,29-,30+,31-,32-,36+/m1/s1. The van der Waals surface area contributed by atoms with Crippen molar-refractivity contribution < 1.29 is 33.8 Å². The Morgan fingerprint density at radius 1 is 1.18 bits per heavy atom. The maximum absolute atomic E-state index is 14.8. The van der Waals surface area contributed by atoms with Crippen LogP contribution in [-0.2, 0) is 35.3 Å². The van der Waals surface area contributed by atoms with Crippen LogP contribution in [0.5, 0.6) is 0 Å². The molecular formula is C36H41BrN6O7. The summed E-state index contributed by atoms with van der Waals surface area (Å²) in [6.45, 7) is 8.79. The van der Waals surface area contributed by atoms with Gasteiger partial charge in [0.25, 0.3) is 0 Å². The number of benzene rings is 2. The third kappa shape index (κ3) is 6.35. The van der Waals surface area contributed by atoms with Crippen molar-refractivity contribution in [1.29, 1.82) is 0 Å². The number of esters is 1. The number of aliphatic hydroxyl groups is 1. The highest BCUT2D eigenvalue weighted by atomic mass is 79.9. The molecule has 8 atom stereocenters. The molecule has 2 aromatic carbocycles. The van der Waals surface area contributed by atoms with Gasteiger partial charge in [-0.25, -0.2) is 4.68 Å². The first kappa shape index (κ1) is 35.4. The Kier molecular flexibility index (Phi) is 10.5. The lowest BCUT2D eigenvalue weighted by molar-refractivity contribution is -0.152. The first-order chi connectivity index (χ1) is 24.1. The number of aromatic nitrogens is 3.